The van der Waals surface area contributed by atoms with Gasteiger partial charge in [0.2, 0.25) is 0 Å². The van der Waals surface area contributed by atoms with E-state index in [0.717, 1.165) is 22.4 Å². The lowest BCUT2D eigenvalue weighted by Gasteiger charge is -2.01. The predicted molar refractivity (Wildman–Crippen MR) is 97.7 cm³/mol. The Morgan fingerprint density at radius 2 is 1.22 bits per heavy atom. The summed E-state index contributed by atoms with van der Waals surface area (Å²) in [6.07, 6.45) is 0. The maximum atomic E-state index is 4.48. The Bertz CT molecular complexity index is 917. The number of benzene rings is 2. The van der Waals surface area contributed by atoms with Gasteiger partial charge in [-0.05, 0) is 50.6 Å². The summed E-state index contributed by atoms with van der Waals surface area (Å²) in [5.41, 5.74) is 5.61. The van der Waals surface area contributed by atoms with Gasteiger partial charge < -0.3 is 0 Å². The van der Waals surface area contributed by atoms with Crippen LogP contribution in [0.15, 0.2) is 66.7 Å². The largest absolute Gasteiger partial charge is 0.253 e. The van der Waals surface area contributed by atoms with Crippen molar-refractivity contribution in [1.82, 2.24) is 9.97 Å². The Kier molecular flexibility index (Phi) is 4.33. The highest BCUT2D eigenvalue weighted by Crippen LogP contribution is 2.14. The minimum absolute atomic E-state index is 1.07. The second-order valence-corrected chi connectivity index (χ2v) is 5.73. The number of nitrogens with zero attached hydrogens (tertiary/aromatic N) is 2. The number of pyridine rings is 2. The second-order valence-electron chi connectivity index (χ2n) is 5.73. The van der Waals surface area contributed by atoms with Gasteiger partial charge in [0.05, 0.1) is 11.0 Å². The molecule has 2 aromatic heterocycles. The van der Waals surface area contributed by atoms with Crippen LogP contribution in [0.3, 0.4) is 0 Å². The molecule has 0 N–H and O–H groups in total. The molecule has 0 saturated heterocycles. The van der Waals surface area contributed by atoms with Crippen LogP contribution in [0.2, 0.25) is 0 Å². The summed E-state index contributed by atoms with van der Waals surface area (Å²) < 4.78 is 0. The van der Waals surface area contributed by atoms with E-state index in [2.05, 4.69) is 41.2 Å². The van der Waals surface area contributed by atoms with E-state index in [9.17, 15) is 0 Å². The first-order valence-electron chi connectivity index (χ1n) is 7.79. The quantitative estimate of drug-likeness (QED) is 0.435. The summed E-state index contributed by atoms with van der Waals surface area (Å²) in [4.78, 5) is 8.85. The van der Waals surface area contributed by atoms with Gasteiger partial charge in [0.15, 0.2) is 0 Å². The molecule has 0 aliphatic carbocycles. The van der Waals surface area contributed by atoms with Crippen LogP contribution >= 0.6 is 0 Å². The Labute approximate surface area is 136 Å². The normalized spacial score (nSPS) is 10.4. The molecule has 0 atom stereocenters. The van der Waals surface area contributed by atoms with Crippen molar-refractivity contribution < 1.29 is 0 Å². The van der Waals surface area contributed by atoms with E-state index in [0.29, 0.717) is 0 Å². The fraction of sp³-hybridized carbons (Fsp3) is 0.143. The Hall–Kier alpha value is -2.74. The Balaban J connectivity index is 0.000000136. The molecule has 4 rings (SSSR count). The van der Waals surface area contributed by atoms with Gasteiger partial charge in [-0.2, -0.15) is 0 Å². The first-order chi connectivity index (χ1) is 11.1. The molecule has 2 aromatic carbocycles. The molecule has 4 aromatic rings. The average molecular weight is 300 g/mol. The lowest BCUT2D eigenvalue weighted by molar-refractivity contribution is 1.20. The lowest BCUT2D eigenvalue weighted by Crippen LogP contribution is -1.87. The molecule has 0 aliphatic heterocycles. The monoisotopic (exact) mass is 300 g/mol. The van der Waals surface area contributed by atoms with Gasteiger partial charge in [0.1, 0.15) is 0 Å². The summed E-state index contributed by atoms with van der Waals surface area (Å²) in [7, 11) is 0. The van der Waals surface area contributed by atoms with Gasteiger partial charge in [0.25, 0.3) is 0 Å². The zero-order chi connectivity index (χ0) is 16.2. The summed E-state index contributed by atoms with van der Waals surface area (Å²) in [6.45, 7) is 6.14. The number of hydrogen-bond donors (Lipinski definition) is 0. The Morgan fingerprint density at radius 3 is 1.96 bits per heavy atom. The van der Waals surface area contributed by atoms with Gasteiger partial charge >= 0.3 is 0 Å². The molecule has 114 valence electrons. The van der Waals surface area contributed by atoms with E-state index in [1.54, 1.807) is 0 Å². The van der Waals surface area contributed by atoms with E-state index >= 15 is 0 Å². The summed E-state index contributed by atoms with van der Waals surface area (Å²) >= 11 is 0. The van der Waals surface area contributed by atoms with E-state index in [1.807, 2.05) is 56.3 Å². The summed E-state index contributed by atoms with van der Waals surface area (Å²) in [5.74, 6) is 0. The number of aryl methyl sites for hydroxylation is 3. The van der Waals surface area contributed by atoms with Gasteiger partial charge in [-0.3, -0.25) is 9.97 Å². The van der Waals surface area contributed by atoms with Gasteiger partial charge in [-0.1, -0.05) is 42.5 Å². The molecule has 2 heterocycles. The molecule has 0 amide bonds. The third-order valence-electron chi connectivity index (χ3n) is 3.91. The lowest BCUT2D eigenvalue weighted by atomic mass is 10.1. The minimum Gasteiger partial charge on any atom is -0.253 e. The molecule has 0 unspecified atom stereocenters. The average Bonchev–Trinajstić information content (AvgIpc) is 2.56. The predicted octanol–water partition coefficient (Wildman–Crippen LogP) is 5.39. The van der Waals surface area contributed by atoms with Crippen LogP contribution in [0.25, 0.3) is 21.8 Å². The molecule has 0 radical (unpaired) electrons. The number of aromatic nitrogens is 2. The summed E-state index contributed by atoms with van der Waals surface area (Å²) in [5, 5.41) is 2.43. The van der Waals surface area contributed by atoms with Crippen molar-refractivity contribution in [3.8, 4) is 0 Å². The van der Waals surface area contributed by atoms with Crippen LogP contribution in [0.5, 0.6) is 0 Å². The number of fused-ring (bicyclic) bond motifs is 2. The van der Waals surface area contributed by atoms with E-state index < -0.39 is 0 Å². The summed E-state index contributed by atoms with van der Waals surface area (Å²) in [6, 6.07) is 22.6. The minimum atomic E-state index is 1.07. The highest BCUT2D eigenvalue weighted by atomic mass is 14.7. The van der Waals surface area contributed by atoms with Crippen molar-refractivity contribution in [3.63, 3.8) is 0 Å². The van der Waals surface area contributed by atoms with Crippen LogP contribution in [-0.4, -0.2) is 9.97 Å². The van der Waals surface area contributed by atoms with Crippen LogP contribution < -0.4 is 0 Å². The molecule has 0 spiro atoms. The fourth-order valence-electron chi connectivity index (χ4n) is 2.49. The van der Waals surface area contributed by atoms with Crippen molar-refractivity contribution in [1.29, 1.82) is 0 Å². The second kappa shape index (κ2) is 6.57. The number of para-hydroxylation sites is 2. The number of rotatable bonds is 0. The number of hydrogen-bond acceptors (Lipinski definition) is 2. The highest BCUT2D eigenvalue weighted by Gasteiger charge is 1.96. The topological polar surface area (TPSA) is 25.8 Å². The van der Waals surface area contributed by atoms with Crippen molar-refractivity contribution in [2.24, 2.45) is 0 Å². The third-order valence-corrected chi connectivity index (χ3v) is 3.91. The standard InChI is InChI=1S/C11H11N.C10H9N/c1-8-7-10-5-3-4-6-11(10)12-9(8)2;1-8-6-7-9-4-2-3-5-10(9)11-8/h3-7H,1-2H3;2-7H,1H3. The molecule has 0 bridgehead atoms. The van der Waals surface area contributed by atoms with Crippen molar-refractivity contribution in [2.75, 3.05) is 0 Å². The van der Waals surface area contributed by atoms with E-state index in [4.69, 9.17) is 0 Å². The Morgan fingerprint density at radius 1 is 0.609 bits per heavy atom. The third kappa shape index (κ3) is 3.54. The van der Waals surface area contributed by atoms with Crippen LogP contribution in [0.1, 0.15) is 17.0 Å². The molecule has 0 saturated carbocycles. The zero-order valence-corrected chi connectivity index (χ0v) is 13.7. The molecule has 2 nitrogen and oxygen atoms in total. The first kappa shape index (κ1) is 15.2. The van der Waals surface area contributed by atoms with Gasteiger partial charge in [-0.15, -0.1) is 0 Å². The van der Waals surface area contributed by atoms with Crippen molar-refractivity contribution >= 4 is 21.8 Å². The zero-order valence-electron chi connectivity index (χ0n) is 13.7. The SMILES string of the molecule is Cc1cc2ccccc2nc1C.Cc1ccc2ccccc2n1. The highest BCUT2D eigenvalue weighted by molar-refractivity contribution is 5.79. The van der Waals surface area contributed by atoms with Crippen molar-refractivity contribution in [3.05, 3.63) is 83.7 Å². The molecule has 0 fully saturated rings. The van der Waals surface area contributed by atoms with Crippen LogP contribution in [0, 0.1) is 20.8 Å². The molecule has 2 heteroatoms. The molecule has 23 heavy (non-hydrogen) atoms. The van der Waals surface area contributed by atoms with Gasteiger partial charge in [0, 0.05) is 22.2 Å². The first-order valence-corrected chi connectivity index (χ1v) is 7.79. The van der Waals surface area contributed by atoms with Crippen LogP contribution in [0.4, 0.5) is 0 Å². The van der Waals surface area contributed by atoms with Crippen LogP contribution in [-0.2, 0) is 0 Å². The maximum absolute atomic E-state index is 4.48. The molecule has 0 aliphatic rings. The van der Waals surface area contributed by atoms with E-state index in [1.165, 1.54) is 16.3 Å². The maximum Gasteiger partial charge on any atom is 0.0705 e. The molecular weight excluding hydrogens is 280 g/mol. The fourth-order valence-corrected chi connectivity index (χ4v) is 2.49. The van der Waals surface area contributed by atoms with Gasteiger partial charge in [-0.25, -0.2) is 0 Å². The molecular formula is C21H20N2. The smallest absolute Gasteiger partial charge is 0.0705 e. The van der Waals surface area contributed by atoms with E-state index in [-0.39, 0.29) is 0 Å². The van der Waals surface area contributed by atoms with Crippen molar-refractivity contribution in [2.45, 2.75) is 20.8 Å².